The summed E-state index contributed by atoms with van der Waals surface area (Å²) in [5, 5.41) is 13.8. The third-order valence-electron chi connectivity index (χ3n) is 1.93. The molecule has 3 heteroatoms. The standard InChI is InChI=1S/C12H14N2S/c1-10(8-13)15-9-12(14-2)11-6-4-3-5-7-11/h3-7,9-10,14H,1-2H3/b12-9-. The molecule has 2 nitrogen and oxygen atoms in total. The van der Waals surface area contributed by atoms with Gasteiger partial charge >= 0.3 is 0 Å². The largest absolute Gasteiger partial charge is 0.387 e. The zero-order valence-corrected chi connectivity index (χ0v) is 9.71. The second kappa shape index (κ2) is 6.15. The van der Waals surface area contributed by atoms with Gasteiger partial charge in [0.2, 0.25) is 0 Å². The average Bonchev–Trinajstić information content (AvgIpc) is 2.31. The Balaban J connectivity index is 2.77. The Bertz CT molecular complexity index is 365. The van der Waals surface area contributed by atoms with Gasteiger partial charge in [0, 0.05) is 12.7 Å². The molecule has 15 heavy (non-hydrogen) atoms. The molecule has 0 radical (unpaired) electrons. The minimum Gasteiger partial charge on any atom is -0.387 e. The zero-order chi connectivity index (χ0) is 11.1. The van der Waals surface area contributed by atoms with Crippen molar-refractivity contribution in [2.75, 3.05) is 7.05 Å². The smallest absolute Gasteiger partial charge is 0.0930 e. The van der Waals surface area contributed by atoms with E-state index in [1.54, 1.807) is 0 Å². The van der Waals surface area contributed by atoms with Gasteiger partial charge in [-0.1, -0.05) is 30.3 Å². The summed E-state index contributed by atoms with van der Waals surface area (Å²) < 4.78 is 0. The number of hydrogen-bond donors (Lipinski definition) is 1. The van der Waals surface area contributed by atoms with Gasteiger partial charge in [0.1, 0.15) is 0 Å². The Morgan fingerprint density at radius 3 is 2.67 bits per heavy atom. The van der Waals surface area contributed by atoms with Gasteiger partial charge in [-0.15, -0.1) is 11.8 Å². The fourth-order valence-electron chi connectivity index (χ4n) is 1.09. The molecule has 0 bridgehead atoms. The van der Waals surface area contributed by atoms with Crippen molar-refractivity contribution < 1.29 is 0 Å². The highest BCUT2D eigenvalue weighted by Crippen LogP contribution is 2.18. The second-order valence-electron chi connectivity index (χ2n) is 3.05. The van der Waals surface area contributed by atoms with E-state index >= 15 is 0 Å². The molecule has 1 N–H and O–H groups in total. The molecule has 0 saturated heterocycles. The van der Waals surface area contributed by atoms with E-state index in [2.05, 4.69) is 11.4 Å². The summed E-state index contributed by atoms with van der Waals surface area (Å²) in [5.41, 5.74) is 2.18. The molecule has 1 unspecified atom stereocenters. The lowest BCUT2D eigenvalue weighted by Gasteiger charge is -2.07. The molecule has 0 aromatic heterocycles. The molecule has 0 fully saturated rings. The highest BCUT2D eigenvalue weighted by Gasteiger charge is 2.00. The number of rotatable bonds is 4. The Kier molecular flexibility index (Phi) is 4.79. The van der Waals surface area contributed by atoms with Crippen molar-refractivity contribution in [2.45, 2.75) is 12.2 Å². The van der Waals surface area contributed by atoms with Crippen LogP contribution in [0.15, 0.2) is 35.7 Å². The van der Waals surface area contributed by atoms with E-state index in [4.69, 9.17) is 5.26 Å². The van der Waals surface area contributed by atoms with Crippen molar-refractivity contribution in [3.8, 4) is 6.07 Å². The van der Waals surface area contributed by atoms with Crippen LogP contribution in [0.1, 0.15) is 12.5 Å². The molecule has 0 aliphatic heterocycles. The molecule has 1 aromatic rings. The fourth-order valence-corrected chi connectivity index (χ4v) is 1.74. The molecular weight excluding hydrogens is 204 g/mol. The molecule has 0 spiro atoms. The topological polar surface area (TPSA) is 35.8 Å². The third kappa shape index (κ3) is 3.69. The van der Waals surface area contributed by atoms with Gasteiger partial charge in [0.05, 0.1) is 11.3 Å². The van der Waals surface area contributed by atoms with Crippen LogP contribution in [0.25, 0.3) is 5.70 Å². The van der Waals surface area contributed by atoms with Gasteiger partial charge in [0.15, 0.2) is 0 Å². The summed E-state index contributed by atoms with van der Waals surface area (Å²) in [4.78, 5) is 0. The highest BCUT2D eigenvalue weighted by molar-refractivity contribution is 8.03. The molecule has 0 aliphatic rings. The maximum absolute atomic E-state index is 8.67. The van der Waals surface area contributed by atoms with E-state index in [1.807, 2.05) is 49.7 Å². The van der Waals surface area contributed by atoms with Crippen LogP contribution in [0.2, 0.25) is 0 Å². The van der Waals surface area contributed by atoms with E-state index in [0.29, 0.717) is 0 Å². The average molecular weight is 218 g/mol. The third-order valence-corrected chi connectivity index (χ3v) is 2.81. The number of thioether (sulfide) groups is 1. The summed E-state index contributed by atoms with van der Waals surface area (Å²) in [7, 11) is 1.89. The van der Waals surface area contributed by atoms with Crippen molar-refractivity contribution in [1.29, 1.82) is 5.26 Å². The van der Waals surface area contributed by atoms with Gasteiger partial charge in [-0.25, -0.2) is 0 Å². The van der Waals surface area contributed by atoms with Crippen LogP contribution in [0.3, 0.4) is 0 Å². The van der Waals surface area contributed by atoms with Crippen LogP contribution < -0.4 is 5.32 Å². The molecule has 0 saturated carbocycles. The minimum absolute atomic E-state index is 0.0166. The first kappa shape index (κ1) is 11.7. The van der Waals surface area contributed by atoms with Gasteiger partial charge in [-0.05, 0) is 17.9 Å². The van der Waals surface area contributed by atoms with Crippen molar-refractivity contribution in [2.24, 2.45) is 0 Å². The zero-order valence-electron chi connectivity index (χ0n) is 8.90. The quantitative estimate of drug-likeness (QED) is 0.844. The Hall–Kier alpha value is -1.40. The van der Waals surface area contributed by atoms with Gasteiger partial charge in [-0.3, -0.25) is 0 Å². The first-order chi connectivity index (χ1) is 7.27. The van der Waals surface area contributed by atoms with Crippen molar-refractivity contribution in [3.05, 3.63) is 41.3 Å². The Morgan fingerprint density at radius 2 is 2.13 bits per heavy atom. The SMILES string of the molecule is CN/C(=C\SC(C)C#N)c1ccccc1. The Labute approximate surface area is 95.0 Å². The molecule has 1 aromatic carbocycles. The first-order valence-electron chi connectivity index (χ1n) is 4.76. The summed E-state index contributed by atoms with van der Waals surface area (Å²) in [6.07, 6.45) is 0. The normalized spacial score (nSPS) is 13.0. The number of nitrogens with one attached hydrogen (secondary N) is 1. The lowest BCUT2D eigenvalue weighted by molar-refractivity contribution is 1.13. The molecule has 1 rings (SSSR count). The molecular formula is C12H14N2S. The van der Waals surface area contributed by atoms with Crippen LogP contribution in [-0.4, -0.2) is 12.3 Å². The predicted molar refractivity (Wildman–Crippen MR) is 66.1 cm³/mol. The fraction of sp³-hybridized carbons (Fsp3) is 0.250. The monoisotopic (exact) mass is 218 g/mol. The number of hydrogen-bond acceptors (Lipinski definition) is 3. The summed E-state index contributed by atoms with van der Waals surface area (Å²) in [6.45, 7) is 1.89. The van der Waals surface area contributed by atoms with E-state index < -0.39 is 0 Å². The number of benzene rings is 1. The second-order valence-corrected chi connectivity index (χ2v) is 4.27. The Morgan fingerprint density at radius 1 is 1.47 bits per heavy atom. The summed E-state index contributed by atoms with van der Waals surface area (Å²) in [5.74, 6) is 0. The van der Waals surface area contributed by atoms with Crippen LogP contribution in [-0.2, 0) is 0 Å². The van der Waals surface area contributed by atoms with Gasteiger partial charge in [-0.2, -0.15) is 5.26 Å². The van der Waals surface area contributed by atoms with Crippen molar-refractivity contribution in [1.82, 2.24) is 5.32 Å². The molecule has 0 aliphatic carbocycles. The minimum atomic E-state index is -0.0166. The van der Waals surface area contributed by atoms with E-state index in [0.717, 1.165) is 11.3 Å². The lowest BCUT2D eigenvalue weighted by atomic mass is 10.2. The van der Waals surface area contributed by atoms with E-state index in [1.165, 1.54) is 11.8 Å². The van der Waals surface area contributed by atoms with E-state index in [-0.39, 0.29) is 5.25 Å². The van der Waals surface area contributed by atoms with E-state index in [9.17, 15) is 0 Å². The van der Waals surface area contributed by atoms with Crippen LogP contribution in [0, 0.1) is 11.3 Å². The van der Waals surface area contributed by atoms with Crippen molar-refractivity contribution in [3.63, 3.8) is 0 Å². The maximum atomic E-state index is 8.67. The first-order valence-corrected chi connectivity index (χ1v) is 5.70. The number of nitrogens with zero attached hydrogens (tertiary/aromatic N) is 1. The predicted octanol–water partition coefficient (Wildman–Crippen LogP) is 2.85. The summed E-state index contributed by atoms with van der Waals surface area (Å²) >= 11 is 1.52. The lowest BCUT2D eigenvalue weighted by Crippen LogP contribution is -2.04. The number of nitriles is 1. The molecule has 78 valence electrons. The summed E-state index contributed by atoms with van der Waals surface area (Å²) in [6, 6.07) is 12.3. The van der Waals surface area contributed by atoms with Crippen molar-refractivity contribution >= 4 is 17.5 Å². The van der Waals surface area contributed by atoms with Crippen LogP contribution in [0.5, 0.6) is 0 Å². The van der Waals surface area contributed by atoms with Gasteiger partial charge in [0.25, 0.3) is 0 Å². The van der Waals surface area contributed by atoms with Crippen LogP contribution in [0.4, 0.5) is 0 Å². The molecule has 1 atom stereocenters. The highest BCUT2D eigenvalue weighted by atomic mass is 32.2. The van der Waals surface area contributed by atoms with Crippen LogP contribution >= 0.6 is 11.8 Å². The maximum Gasteiger partial charge on any atom is 0.0930 e. The molecule has 0 heterocycles. The van der Waals surface area contributed by atoms with Gasteiger partial charge < -0.3 is 5.32 Å². The molecule has 0 amide bonds.